The van der Waals surface area contributed by atoms with Gasteiger partial charge in [0.2, 0.25) is 0 Å². The van der Waals surface area contributed by atoms with Gasteiger partial charge in [0.15, 0.2) is 7.14 Å². The molecule has 0 unspecified atom stereocenters. The van der Waals surface area contributed by atoms with Gasteiger partial charge < -0.3 is 4.57 Å². The van der Waals surface area contributed by atoms with Gasteiger partial charge in [-0.1, -0.05) is 273 Å². The summed E-state index contributed by atoms with van der Waals surface area (Å²) in [5.74, 6) is 0. The molecule has 1 heterocycles. The molecule has 336 valence electrons. The molecule has 13 aromatic rings. The fourth-order valence-electron chi connectivity index (χ4n) is 12.0. The predicted molar refractivity (Wildman–Crippen MR) is 307 cm³/mol. The lowest BCUT2D eigenvalue weighted by atomic mass is 9.85. The van der Waals surface area contributed by atoms with E-state index in [-0.39, 0.29) is 0 Å². The van der Waals surface area contributed by atoms with E-state index in [2.05, 4.69) is 255 Å². The highest BCUT2D eigenvalue weighted by Gasteiger charge is 2.44. The first-order chi connectivity index (χ1) is 35.6. The highest BCUT2D eigenvalue weighted by molar-refractivity contribution is 7.87. The first-order valence-corrected chi connectivity index (χ1v) is 26.5. The molecular formula is C70H45OP. The number of rotatable bonds is 7. The Hall–Kier alpha value is -8.87. The van der Waals surface area contributed by atoms with Crippen molar-refractivity contribution in [3.63, 3.8) is 0 Å². The molecule has 1 aliphatic heterocycles. The van der Waals surface area contributed by atoms with E-state index in [1.165, 1.54) is 76.5 Å². The first-order valence-electron chi connectivity index (χ1n) is 24.8. The van der Waals surface area contributed by atoms with E-state index in [0.29, 0.717) is 0 Å². The molecule has 2 heteroatoms. The highest BCUT2D eigenvalue weighted by Crippen LogP contribution is 2.57. The molecule has 14 rings (SSSR count). The third kappa shape index (κ3) is 6.45. The summed E-state index contributed by atoms with van der Waals surface area (Å²) in [6, 6.07) is 97.8. The van der Waals surface area contributed by atoms with Crippen molar-refractivity contribution in [3.05, 3.63) is 273 Å². The van der Waals surface area contributed by atoms with E-state index in [1.54, 1.807) is 0 Å². The van der Waals surface area contributed by atoms with Gasteiger partial charge in [0.05, 0.1) is 0 Å². The topological polar surface area (TPSA) is 17.1 Å². The molecule has 0 spiro atoms. The Labute approximate surface area is 419 Å². The van der Waals surface area contributed by atoms with Crippen LogP contribution in [0.4, 0.5) is 0 Å². The summed E-state index contributed by atoms with van der Waals surface area (Å²) in [5, 5.41) is 12.4. The van der Waals surface area contributed by atoms with Crippen LogP contribution in [0.1, 0.15) is 0 Å². The van der Waals surface area contributed by atoms with Gasteiger partial charge in [0.1, 0.15) is 0 Å². The molecule has 0 bridgehead atoms. The van der Waals surface area contributed by atoms with Crippen LogP contribution < -0.4 is 15.9 Å². The number of benzene rings is 13. The molecule has 0 radical (unpaired) electrons. The Balaban J connectivity index is 0.904. The molecule has 0 atom stereocenters. The van der Waals surface area contributed by atoms with Crippen molar-refractivity contribution in [2.45, 2.75) is 0 Å². The number of hydrogen-bond acceptors (Lipinski definition) is 1. The fraction of sp³-hybridized carbons (Fsp3) is 0. The maximum absolute atomic E-state index is 16.9. The molecular weight excluding hydrogens is 888 g/mol. The maximum atomic E-state index is 16.9. The Morgan fingerprint density at radius 3 is 0.736 bits per heavy atom. The summed E-state index contributed by atoms with van der Waals surface area (Å²) in [5.41, 5.74) is 15.8. The van der Waals surface area contributed by atoms with Crippen molar-refractivity contribution in [1.82, 2.24) is 0 Å². The van der Waals surface area contributed by atoms with E-state index >= 15 is 4.57 Å². The monoisotopic (exact) mass is 932 g/mol. The first kappa shape index (κ1) is 42.0. The average Bonchev–Trinajstić information content (AvgIpc) is 3.73. The van der Waals surface area contributed by atoms with Crippen molar-refractivity contribution in [3.8, 4) is 77.9 Å². The van der Waals surface area contributed by atoms with Gasteiger partial charge in [-0.05, 0) is 121 Å². The summed E-state index contributed by atoms with van der Waals surface area (Å²) in [6.45, 7) is 0. The van der Waals surface area contributed by atoms with Crippen molar-refractivity contribution < 1.29 is 4.57 Å². The van der Waals surface area contributed by atoms with Crippen LogP contribution in [-0.2, 0) is 4.57 Å². The molecule has 1 nitrogen and oxygen atoms in total. The minimum atomic E-state index is -3.45. The van der Waals surface area contributed by atoms with Crippen LogP contribution in [0, 0.1) is 0 Å². The van der Waals surface area contributed by atoms with Gasteiger partial charge in [-0.15, -0.1) is 0 Å². The van der Waals surface area contributed by atoms with Gasteiger partial charge in [0, 0.05) is 15.9 Å². The average molecular weight is 933 g/mol. The molecule has 0 saturated heterocycles. The second kappa shape index (κ2) is 16.9. The van der Waals surface area contributed by atoms with Gasteiger partial charge in [-0.3, -0.25) is 0 Å². The summed E-state index contributed by atoms with van der Waals surface area (Å²) in [6.07, 6.45) is 0. The minimum absolute atomic E-state index is 0.839. The van der Waals surface area contributed by atoms with Crippen LogP contribution in [0.25, 0.3) is 121 Å². The molecule has 0 N–H and O–H groups in total. The molecule has 1 aliphatic rings. The lowest BCUT2D eigenvalue weighted by molar-refractivity contribution is 0.593. The molecule has 0 fully saturated rings. The van der Waals surface area contributed by atoms with Crippen molar-refractivity contribution in [1.29, 1.82) is 0 Å². The van der Waals surface area contributed by atoms with Crippen molar-refractivity contribution >= 4 is 66.1 Å². The molecule has 0 amide bonds. The predicted octanol–water partition coefficient (Wildman–Crippen LogP) is 17.9. The third-order valence-corrected chi connectivity index (χ3v) is 18.3. The van der Waals surface area contributed by atoms with Crippen LogP contribution in [-0.4, -0.2) is 0 Å². The van der Waals surface area contributed by atoms with Crippen LogP contribution >= 0.6 is 7.14 Å². The van der Waals surface area contributed by atoms with E-state index in [4.69, 9.17) is 0 Å². The summed E-state index contributed by atoms with van der Waals surface area (Å²) >= 11 is 0. The molecule has 0 saturated carbocycles. The standard InChI is InChI=1S/C70H45OP/c71-72(52-24-8-3-9-25-52)69-53(46-38-42-50(43-39-46)67-59-30-14-10-26-55(59)65(48-20-4-1-5-21-48)56-27-11-15-31-60(56)67)34-18-36-63(69)64-37-19-35-54(70(64)72)47-40-44-51(45-41-47)68-61-32-16-12-28-57(61)66(49-22-6-2-7-23-49)58-29-13-17-33-62(58)68/h1-45H. The summed E-state index contributed by atoms with van der Waals surface area (Å²) < 4.78 is 16.9. The second-order valence-corrected chi connectivity index (χ2v) is 21.5. The maximum Gasteiger partial charge on any atom is 0.173 e. The molecule has 0 aliphatic carbocycles. The third-order valence-electron chi connectivity index (χ3n) is 15.1. The zero-order chi connectivity index (χ0) is 47.8. The van der Waals surface area contributed by atoms with Gasteiger partial charge in [0.25, 0.3) is 0 Å². The zero-order valence-electron chi connectivity index (χ0n) is 39.3. The van der Waals surface area contributed by atoms with Crippen LogP contribution in [0.5, 0.6) is 0 Å². The SMILES string of the molecule is O=P1(c2ccccc2)c2c(-c3ccc(-c4c5ccccc5c(-c5ccccc5)c5ccccc45)cc3)cccc2-c2cccc(-c3ccc(-c4c5ccccc5c(-c5ccccc5)c5ccccc45)cc3)c21. The molecule has 72 heavy (non-hydrogen) atoms. The summed E-state index contributed by atoms with van der Waals surface area (Å²) in [4.78, 5) is 0. The second-order valence-electron chi connectivity index (χ2n) is 18.9. The highest BCUT2D eigenvalue weighted by atomic mass is 31.2. The van der Waals surface area contributed by atoms with Gasteiger partial charge >= 0.3 is 0 Å². The van der Waals surface area contributed by atoms with E-state index < -0.39 is 7.14 Å². The number of hydrogen-bond donors (Lipinski definition) is 0. The smallest absolute Gasteiger partial charge is 0.173 e. The van der Waals surface area contributed by atoms with E-state index in [0.717, 1.165) is 60.4 Å². The fourth-order valence-corrected chi connectivity index (χ4v) is 15.5. The Bertz CT molecular complexity index is 3940. The normalized spacial score (nSPS) is 12.6. The van der Waals surface area contributed by atoms with Crippen LogP contribution in [0.3, 0.4) is 0 Å². The Morgan fingerprint density at radius 1 is 0.194 bits per heavy atom. The Morgan fingerprint density at radius 2 is 0.431 bits per heavy atom. The summed E-state index contributed by atoms with van der Waals surface area (Å²) in [7, 11) is -3.45. The molecule has 13 aromatic carbocycles. The molecule has 0 aromatic heterocycles. The Kier molecular flexibility index (Phi) is 9.88. The lowest BCUT2D eigenvalue weighted by Gasteiger charge is -2.22. The zero-order valence-corrected chi connectivity index (χ0v) is 40.2. The van der Waals surface area contributed by atoms with Crippen LogP contribution in [0.15, 0.2) is 273 Å². The lowest BCUT2D eigenvalue weighted by Crippen LogP contribution is -2.23. The quantitative estimate of drug-likeness (QED) is 0.115. The van der Waals surface area contributed by atoms with Gasteiger partial charge in [-0.25, -0.2) is 0 Å². The van der Waals surface area contributed by atoms with Crippen molar-refractivity contribution in [2.24, 2.45) is 0 Å². The van der Waals surface area contributed by atoms with E-state index in [1.807, 2.05) is 18.2 Å². The van der Waals surface area contributed by atoms with E-state index in [9.17, 15) is 0 Å². The van der Waals surface area contributed by atoms with Crippen molar-refractivity contribution in [2.75, 3.05) is 0 Å². The van der Waals surface area contributed by atoms with Crippen LogP contribution in [0.2, 0.25) is 0 Å². The largest absolute Gasteiger partial charge is 0.309 e. The minimum Gasteiger partial charge on any atom is -0.309 e. The van der Waals surface area contributed by atoms with Gasteiger partial charge in [-0.2, -0.15) is 0 Å². The number of fused-ring (bicyclic) bond motifs is 7.